The molecule has 2 aromatic rings. The summed E-state index contributed by atoms with van der Waals surface area (Å²) < 4.78 is 0. The van der Waals surface area contributed by atoms with E-state index in [1.807, 2.05) is 59.3 Å². The summed E-state index contributed by atoms with van der Waals surface area (Å²) in [5.41, 5.74) is 0.0252. The van der Waals surface area contributed by atoms with Gasteiger partial charge in [0.1, 0.15) is 17.2 Å². The first-order chi connectivity index (χ1) is 14.5. The molecule has 1 aromatic heterocycles. The number of fused-ring (bicyclic) bond motifs is 2. The van der Waals surface area contributed by atoms with Crippen LogP contribution in [0.5, 0.6) is 0 Å². The third-order valence-electron chi connectivity index (χ3n) is 6.04. The number of nitrogens with zero attached hydrogens (tertiary/aromatic N) is 5. The highest BCUT2D eigenvalue weighted by Crippen LogP contribution is 2.30. The van der Waals surface area contributed by atoms with Crippen molar-refractivity contribution in [2.24, 2.45) is 4.99 Å². The van der Waals surface area contributed by atoms with Crippen molar-refractivity contribution in [1.29, 1.82) is 0 Å². The normalized spacial score (nSPS) is 23.6. The van der Waals surface area contributed by atoms with Gasteiger partial charge >= 0.3 is 0 Å². The number of carbonyl (C=O) groups is 2. The number of para-hydroxylation sites is 1. The molecular weight excluding hydrogens is 378 g/mol. The minimum absolute atomic E-state index is 0.0330. The van der Waals surface area contributed by atoms with Gasteiger partial charge < -0.3 is 14.7 Å². The third-order valence-corrected chi connectivity index (χ3v) is 6.04. The first kappa shape index (κ1) is 18.5. The van der Waals surface area contributed by atoms with Crippen molar-refractivity contribution in [3.8, 4) is 0 Å². The Balaban J connectivity index is 1.32. The fourth-order valence-electron chi connectivity index (χ4n) is 4.38. The van der Waals surface area contributed by atoms with Crippen LogP contribution in [0.4, 0.5) is 5.82 Å². The predicted molar refractivity (Wildman–Crippen MR) is 116 cm³/mol. The van der Waals surface area contributed by atoms with Crippen LogP contribution >= 0.6 is 0 Å². The van der Waals surface area contributed by atoms with E-state index >= 15 is 0 Å². The molecule has 0 N–H and O–H groups in total. The number of piperazine rings is 1. The van der Waals surface area contributed by atoms with E-state index in [2.05, 4.69) is 22.0 Å². The number of amides is 2. The molecule has 0 spiro atoms. The number of pyridine rings is 1. The van der Waals surface area contributed by atoms with Crippen LogP contribution in [0.15, 0.2) is 65.8 Å². The lowest BCUT2D eigenvalue weighted by atomic mass is 9.90. The third kappa shape index (κ3) is 3.07. The van der Waals surface area contributed by atoms with Gasteiger partial charge in [-0.15, -0.1) is 0 Å². The summed E-state index contributed by atoms with van der Waals surface area (Å²) in [6.07, 6.45) is 7.38. The molecule has 152 valence electrons. The molecular formula is C23H23N5O2. The Labute approximate surface area is 175 Å². The second-order valence-corrected chi connectivity index (χ2v) is 8.03. The lowest BCUT2D eigenvalue weighted by Gasteiger charge is -2.46. The molecule has 5 rings (SSSR count). The zero-order valence-electron chi connectivity index (χ0n) is 16.9. The summed E-state index contributed by atoms with van der Waals surface area (Å²) in [4.78, 5) is 40.4. The summed E-state index contributed by atoms with van der Waals surface area (Å²) in [5.74, 6) is 1.17. The molecule has 1 fully saturated rings. The molecule has 2 amide bonds. The Bertz CT molecular complexity index is 1110. The topological polar surface area (TPSA) is 69.1 Å². The molecule has 0 bridgehead atoms. The van der Waals surface area contributed by atoms with Gasteiger partial charge in [-0.3, -0.25) is 9.59 Å². The Morgan fingerprint density at radius 2 is 1.83 bits per heavy atom. The molecule has 1 atom stereocenters. The van der Waals surface area contributed by atoms with E-state index in [1.165, 1.54) is 0 Å². The molecule has 1 aromatic carbocycles. The van der Waals surface area contributed by atoms with Crippen molar-refractivity contribution in [2.75, 3.05) is 31.1 Å². The molecule has 0 aliphatic carbocycles. The summed E-state index contributed by atoms with van der Waals surface area (Å²) in [7, 11) is 0. The van der Waals surface area contributed by atoms with E-state index in [1.54, 1.807) is 6.08 Å². The lowest BCUT2D eigenvalue weighted by molar-refractivity contribution is -0.144. The van der Waals surface area contributed by atoms with Gasteiger partial charge in [0.2, 0.25) is 5.91 Å². The van der Waals surface area contributed by atoms with Gasteiger partial charge in [0.15, 0.2) is 0 Å². The highest BCUT2D eigenvalue weighted by Gasteiger charge is 2.47. The summed E-state index contributed by atoms with van der Waals surface area (Å²) in [6, 6.07) is 12.2. The molecule has 7 nitrogen and oxygen atoms in total. The van der Waals surface area contributed by atoms with Gasteiger partial charge in [-0.1, -0.05) is 24.3 Å². The number of anilines is 1. The molecule has 1 saturated heterocycles. The van der Waals surface area contributed by atoms with Gasteiger partial charge in [0.05, 0.1) is 11.9 Å². The Kier molecular flexibility index (Phi) is 4.38. The largest absolute Gasteiger partial charge is 0.353 e. The van der Waals surface area contributed by atoms with Gasteiger partial charge in [-0.2, -0.15) is 4.99 Å². The Hall–Kier alpha value is -3.48. The smallest absolute Gasteiger partial charge is 0.250 e. The zero-order valence-corrected chi connectivity index (χ0v) is 16.9. The van der Waals surface area contributed by atoms with Crippen LogP contribution in [-0.4, -0.2) is 64.2 Å². The van der Waals surface area contributed by atoms with E-state index in [0.717, 1.165) is 16.7 Å². The van der Waals surface area contributed by atoms with Gasteiger partial charge in [-0.25, -0.2) is 4.98 Å². The molecule has 4 heterocycles. The molecule has 3 aliphatic heterocycles. The first-order valence-corrected chi connectivity index (χ1v) is 10.2. The van der Waals surface area contributed by atoms with Crippen LogP contribution in [0, 0.1) is 0 Å². The quantitative estimate of drug-likeness (QED) is 0.773. The highest BCUT2D eigenvalue weighted by atomic mass is 16.2. The molecule has 1 unspecified atom stereocenters. The maximum atomic E-state index is 13.5. The fourth-order valence-corrected chi connectivity index (χ4v) is 4.38. The van der Waals surface area contributed by atoms with E-state index in [-0.39, 0.29) is 18.2 Å². The van der Waals surface area contributed by atoms with Crippen molar-refractivity contribution in [3.05, 3.63) is 60.8 Å². The van der Waals surface area contributed by atoms with E-state index < -0.39 is 5.54 Å². The zero-order chi connectivity index (χ0) is 20.7. The summed E-state index contributed by atoms with van der Waals surface area (Å²) in [6.45, 7) is 4.44. The minimum Gasteiger partial charge on any atom is -0.353 e. The van der Waals surface area contributed by atoms with Crippen LogP contribution in [0.25, 0.3) is 10.9 Å². The van der Waals surface area contributed by atoms with Crippen molar-refractivity contribution in [3.63, 3.8) is 0 Å². The van der Waals surface area contributed by atoms with Gasteiger partial charge in [0.25, 0.3) is 5.91 Å². The number of aliphatic imine (C=N–C) groups is 1. The van der Waals surface area contributed by atoms with Crippen LogP contribution in [0.2, 0.25) is 0 Å². The number of aromatic nitrogens is 1. The van der Waals surface area contributed by atoms with Crippen molar-refractivity contribution < 1.29 is 9.59 Å². The standard InChI is InChI=1S/C23H23N5O2/c1-23(16-21(29)25-20-8-4-5-11-28(20)23)22(30)27-14-12-26(13-15-27)19-10-9-17-6-2-3-7-18(17)24-19/h2-11H,12-16H2,1H3. The molecule has 7 heteroatoms. The van der Waals surface area contributed by atoms with Crippen molar-refractivity contribution >= 4 is 34.4 Å². The SMILES string of the molecule is CC1(C(=O)N2CCN(c3ccc4ccccc4n3)CC2)CC(=O)N=C2C=CC=CN21. The second-order valence-electron chi connectivity index (χ2n) is 8.03. The summed E-state index contributed by atoms with van der Waals surface area (Å²) >= 11 is 0. The minimum atomic E-state index is -0.946. The number of rotatable bonds is 2. The van der Waals surface area contributed by atoms with Crippen LogP contribution < -0.4 is 4.90 Å². The number of allylic oxidation sites excluding steroid dienone is 2. The van der Waals surface area contributed by atoms with E-state index in [9.17, 15) is 9.59 Å². The van der Waals surface area contributed by atoms with E-state index in [4.69, 9.17) is 4.98 Å². The van der Waals surface area contributed by atoms with Crippen molar-refractivity contribution in [2.45, 2.75) is 18.9 Å². The van der Waals surface area contributed by atoms with E-state index in [0.29, 0.717) is 32.0 Å². The predicted octanol–water partition coefficient (Wildman–Crippen LogP) is 2.36. The van der Waals surface area contributed by atoms with Gasteiger partial charge in [0, 0.05) is 37.8 Å². The monoisotopic (exact) mass is 401 g/mol. The first-order valence-electron chi connectivity index (χ1n) is 10.2. The maximum Gasteiger partial charge on any atom is 0.250 e. The van der Waals surface area contributed by atoms with Crippen LogP contribution in [-0.2, 0) is 9.59 Å². The maximum absolute atomic E-state index is 13.5. The summed E-state index contributed by atoms with van der Waals surface area (Å²) in [5, 5.41) is 1.12. The average Bonchev–Trinajstić information content (AvgIpc) is 2.78. The number of carbonyl (C=O) groups excluding carboxylic acids is 2. The van der Waals surface area contributed by atoms with Gasteiger partial charge in [-0.05, 0) is 37.3 Å². The highest BCUT2D eigenvalue weighted by molar-refractivity contribution is 6.09. The number of hydrogen-bond donors (Lipinski definition) is 0. The second kappa shape index (κ2) is 7.09. The molecule has 0 saturated carbocycles. The fraction of sp³-hybridized carbons (Fsp3) is 0.304. The number of hydrogen-bond acceptors (Lipinski definition) is 5. The lowest BCUT2D eigenvalue weighted by Crippen LogP contribution is -2.63. The molecule has 3 aliphatic rings. The van der Waals surface area contributed by atoms with Crippen LogP contribution in [0.1, 0.15) is 13.3 Å². The molecule has 30 heavy (non-hydrogen) atoms. The number of amidine groups is 1. The Morgan fingerprint density at radius 1 is 1.03 bits per heavy atom. The van der Waals surface area contributed by atoms with Crippen molar-refractivity contribution in [1.82, 2.24) is 14.8 Å². The van der Waals surface area contributed by atoms with Crippen LogP contribution in [0.3, 0.4) is 0 Å². The average molecular weight is 401 g/mol. The molecule has 0 radical (unpaired) electrons. The Morgan fingerprint density at radius 3 is 2.67 bits per heavy atom. The number of benzene rings is 1.